The van der Waals surface area contributed by atoms with Crippen LogP contribution in [0.15, 0.2) is 48.5 Å². The molecule has 5 rings (SSSR count). The summed E-state index contributed by atoms with van der Waals surface area (Å²) in [6, 6.07) is 16.2. The summed E-state index contributed by atoms with van der Waals surface area (Å²) in [7, 11) is 0. The lowest BCUT2D eigenvalue weighted by Gasteiger charge is -2.12. The third-order valence-electron chi connectivity index (χ3n) is 6.16. The standard InChI is InChI=1S/C30H36N6O2/c1-18(2)15-36-33-29-25(21-7-11-23(12-8-21)37-16-19(3)4)27-28(32-35-31-27)26(30(29)34-36)22-9-13-24(14-10-22)38-17-20(5)6/h7-14,18-20,33H,15-17H2,1-6H3. The molecule has 0 saturated heterocycles. The summed E-state index contributed by atoms with van der Waals surface area (Å²) in [6.45, 7) is 15.0. The lowest BCUT2D eigenvalue weighted by molar-refractivity contribution is 0.271. The van der Waals surface area contributed by atoms with Crippen LogP contribution in [-0.4, -0.2) is 43.6 Å². The van der Waals surface area contributed by atoms with Crippen LogP contribution in [0.3, 0.4) is 0 Å². The number of aromatic nitrogens is 6. The molecule has 0 spiro atoms. The van der Waals surface area contributed by atoms with E-state index in [9.17, 15) is 0 Å². The zero-order chi connectivity index (χ0) is 26.8. The van der Waals surface area contributed by atoms with E-state index in [1.807, 2.05) is 29.1 Å². The SMILES string of the molecule is CC(C)COc1ccc(-c2c3nnnc3c(-c3ccc(OCC(C)C)cc3)c3[nH]n(CC(C)C)nc23)cc1. The van der Waals surface area contributed by atoms with Crippen molar-refractivity contribution in [2.75, 3.05) is 13.2 Å². The van der Waals surface area contributed by atoms with Crippen LogP contribution in [0.25, 0.3) is 44.3 Å². The minimum Gasteiger partial charge on any atom is -0.493 e. The predicted octanol–water partition coefficient (Wildman–Crippen LogP) is 6.76. The Morgan fingerprint density at radius 2 is 1.16 bits per heavy atom. The van der Waals surface area contributed by atoms with Gasteiger partial charge in [-0.1, -0.05) is 65.8 Å². The van der Waals surface area contributed by atoms with Crippen molar-refractivity contribution in [3.05, 3.63) is 48.5 Å². The van der Waals surface area contributed by atoms with Gasteiger partial charge in [0.1, 0.15) is 28.0 Å². The van der Waals surface area contributed by atoms with Crippen molar-refractivity contribution in [2.45, 2.75) is 48.1 Å². The Balaban J connectivity index is 1.65. The summed E-state index contributed by atoms with van der Waals surface area (Å²) in [5.74, 6) is 3.04. The van der Waals surface area contributed by atoms with Crippen molar-refractivity contribution in [1.82, 2.24) is 30.4 Å². The Bertz CT molecular complexity index is 1410. The van der Waals surface area contributed by atoms with Gasteiger partial charge in [0.25, 0.3) is 0 Å². The Morgan fingerprint density at radius 3 is 1.66 bits per heavy atom. The number of rotatable bonds is 10. The van der Waals surface area contributed by atoms with Gasteiger partial charge in [0.05, 0.1) is 25.3 Å². The van der Waals surface area contributed by atoms with E-state index in [0.717, 1.165) is 62.4 Å². The molecule has 3 aromatic carbocycles. The molecular weight excluding hydrogens is 476 g/mol. The van der Waals surface area contributed by atoms with Gasteiger partial charge >= 0.3 is 0 Å². The van der Waals surface area contributed by atoms with Crippen molar-refractivity contribution in [3.63, 3.8) is 0 Å². The quantitative estimate of drug-likeness (QED) is 0.222. The van der Waals surface area contributed by atoms with Crippen LogP contribution in [0.1, 0.15) is 41.5 Å². The summed E-state index contributed by atoms with van der Waals surface area (Å²) < 4.78 is 11.8. The molecule has 1 N–H and O–H groups in total. The largest absolute Gasteiger partial charge is 0.493 e. The Kier molecular flexibility index (Phi) is 7.31. The van der Waals surface area contributed by atoms with Crippen LogP contribution in [-0.2, 0) is 6.54 Å². The van der Waals surface area contributed by atoms with Crippen molar-refractivity contribution in [3.8, 4) is 33.8 Å². The lowest BCUT2D eigenvalue weighted by atomic mass is 9.95. The highest BCUT2D eigenvalue weighted by Gasteiger charge is 2.23. The zero-order valence-corrected chi connectivity index (χ0v) is 23.0. The number of ether oxygens (including phenoxy) is 2. The molecule has 38 heavy (non-hydrogen) atoms. The molecule has 8 heteroatoms. The third-order valence-corrected chi connectivity index (χ3v) is 6.16. The van der Waals surface area contributed by atoms with Gasteiger partial charge in [0.2, 0.25) is 0 Å². The van der Waals surface area contributed by atoms with E-state index in [1.54, 1.807) is 0 Å². The molecule has 0 fully saturated rings. The second-order valence-corrected chi connectivity index (χ2v) is 11.1. The lowest BCUT2D eigenvalue weighted by Crippen LogP contribution is -2.07. The summed E-state index contributed by atoms with van der Waals surface area (Å²) in [4.78, 5) is 1.91. The van der Waals surface area contributed by atoms with Crippen LogP contribution in [0, 0.1) is 17.8 Å². The van der Waals surface area contributed by atoms with Gasteiger partial charge in [0, 0.05) is 11.1 Å². The number of hydrogen-bond acceptors (Lipinski definition) is 6. The molecule has 2 heterocycles. The maximum Gasteiger partial charge on any atom is 0.126 e. The second-order valence-electron chi connectivity index (χ2n) is 11.1. The molecule has 198 valence electrons. The van der Waals surface area contributed by atoms with E-state index in [2.05, 4.69) is 86.3 Å². The number of H-pyrrole nitrogens is 1. The van der Waals surface area contributed by atoms with Gasteiger partial charge in [-0.3, -0.25) is 5.10 Å². The fraction of sp³-hybridized carbons (Fsp3) is 0.400. The highest BCUT2D eigenvalue weighted by molar-refractivity contribution is 6.16. The Morgan fingerprint density at radius 1 is 0.658 bits per heavy atom. The molecule has 0 bridgehead atoms. The molecule has 0 atom stereocenters. The van der Waals surface area contributed by atoms with E-state index in [4.69, 9.17) is 14.6 Å². The van der Waals surface area contributed by atoms with Crippen molar-refractivity contribution in [2.24, 2.45) is 17.8 Å². The average Bonchev–Trinajstić information content (AvgIpc) is 3.52. The highest BCUT2D eigenvalue weighted by Crippen LogP contribution is 2.41. The fourth-order valence-electron chi connectivity index (χ4n) is 4.45. The fourth-order valence-corrected chi connectivity index (χ4v) is 4.45. The summed E-state index contributed by atoms with van der Waals surface area (Å²) in [6.07, 6.45) is 0. The third kappa shape index (κ3) is 5.35. The molecule has 0 aliphatic rings. The first kappa shape index (κ1) is 25.7. The minimum atomic E-state index is 0.429. The molecule has 0 amide bonds. The summed E-state index contributed by atoms with van der Waals surface area (Å²) in [5.41, 5.74) is 7.06. The van der Waals surface area contributed by atoms with Crippen molar-refractivity contribution >= 4 is 22.1 Å². The molecule has 0 saturated carbocycles. The number of fused-ring (bicyclic) bond motifs is 2. The van der Waals surface area contributed by atoms with Crippen LogP contribution in [0.2, 0.25) is 0 Å². The van der Waals surface area contributed by atoms with Gasteiger partial charge in [0.15, 0.2) is 0 Å². The highest BCUT2D eigenvalue weighted by atomic mass is 16.5. The topological polar surface area (TPSA) is 90.7 Å². The molecule has 0 radical (unpaired) electrons. The van der Waals surface area contributed by atoms with Crippen LogP contribution < -0.4 is 9.47 Å². The number of nitrogens with zero attached hydrogens (tertiary/aromatic N) is 5. The first-order valence-electron chi connectivity index (χ1n) is 13.4. The first-order chi connectivity index (χ1) is 18.3. The number of hydrogen-bond donors (Lipinski definition) is 1. The van der Waals surface area contributed by atoms with E-state index < -0.39 is 0 Å². The smallest absolute Gasteiger partial charge is 0.126 e. The number of aromatic amines is 1. The first-order valence-corrected chi connectivity index (χ1v) is 13.4. The van der Waals surface area contributed by atoms with Crippen molar-refractivity contribution in [1.29, 1.82) is 0 Å². The maximum absolute atomic E-state index is 5.91. The van der Waals surface area contributed by atoms with Gasteiger partial charge in [-0.15, -0.1) is 10.2 Å². The molecule has 0 unspecified atom stereocenters. The van der Waals surface area contributed by atoms with Gasteiger partial charge < -0.3 is 9.47 Å². The maximum atomic E-state index is 5.91. The summed E-state index contributed by atoms with van der Waals surface area (Å²) >= 11 is 0. The van der Waals surface area contributed by atoms with E-state index in [1.165, 1.54) is 0 Å². The average molecular weight is 513 g/mol. The van der Waals surface area contributed by atoms with Crippen molar-refractivity contribution < 1.29 is 9.47 Å². The minimum absolute atomic E-state index is 0.429. The van der Waals surface area contributed by atoms with Crippen LogP contribution in [0.5, 0.6) is 11.5 Å². The van der Waals surface area contributed by atoms with Gasteiger partial charge in [-0.25, -0.2) is 4.80 Å². The molecule has 0 aliphatic heterocycles. The molecule has 8 nitrogen and oxygen atoms in total. The normalized spacial score (nSPS) is 11.9. The molecular formula is C30H36N6O2. The zero-order valence-electron chi connectivity index (χ0n) is 23.0. The number of benzene rings is 3. The predicted molar refractivity (Wildman–Crippen MR) is 151 cm³/mol. The van der Waals surface area contributed by atoms with E-state index in [-0.39, 0.29) is 0 Å². The Labute approximate surface area is 223 Å². The molecule has 2 aromatic heterocycles. The van der Waals surface area contributed by atoms with E-state index >= 15 is 0 Å². The molecule has 0 aliphatic carbocycles. The monoisotopic (exact) mass is 512 g/mol. The molecule has 5 aromatic rings. The van der Waals surface area contributed by atoms with Crippen LogP contribution >= 0.6 is 0 Å². The van der Waals surface area contributed by atoms with E-state index in [0.29, 0.717) is 31.0 Å². The Hall–Kier alpha value is -3.94. The summed E-state index contributed by atoms with van der Waals surface area (Å²) in [5, 5.41) is 21.6. The van der Waals surface area contributed by atoms with Gasteiger partial charge in [-0.2, -0.15) is 5.10 Å². The number of nitrogens with one attached hydrogen (secondary N) is 1. The van der Waals surface area contributed by atoms with Gasteiger partial charge in [-0.05, 0) is 58.4 Å². The second kappa shape index (κ2) is 10.8. The van der Waals surface area contributed by atoms with Crippen LogP contribution in [0.4, 0.5) is 0 Å².